The van der Waals surface area contributed by atoms with Gasteiger partial charge < -0.3 is 19.7 Å². The van der Waals surface area contributed by atoms with Gasteiger partial charge in [-0.25, -0.2) is 4.98 Å². The minimum absolute atomic E-state index is 0.490. The monoisotopic (exact) mass is 347 g/mol. The van der Waals surface area contributed by atoms with Crippen LogP contribution in [-0.4, -0.2) is 38.3 Å². The van der Waals surface area contributed by atoms with Gasteiger partial charge in [-0.2, -0.15) is 0 Å². The van der Waals surface area contributed by atoms with E-state index in [0.29, 0.717) is 6.04 Å². The van der Waals surface area contributed by atoms with E-state index in [1.165, 1.54) is 4.88 Å². The van der Waals surface area contributed by atoms with Crippen molar-refractivity contribution in [1.29, 1.82) is 0 Å². The number of thiazole rings is 1. The van der Waals surface area contributed by atoms with Crippen molar-refractivity contribution >= 4 is 17.0 Å². The maximum Gasteiger partial charge on any atom is 0.124 e. The predicted molar refractivity (Wildman–Crippen MR) is 98.6 cm³/mol. The molecule has 1 saturated heterocycles. The molecule has 5 nitrogen and oxygen atoms in total. The van der Waals surface area contributed by atoms with Gasteiger partial charge >= 0.3 is 0 Å². The van der Waals surface area contributed by atoms with Crippen LogP contribution < -0.4 is 19.7 Å². The van der Waals surface area contributed by atoms with E-state index >= 15 is 0 Å². The van der Waals surface area contributed by atoms with E-state index in [1.807, 2.05) is 6.07 Å². The van der Waals surface area contributed by atoms with Crippen LogP contribution in [0.4, 0.5) is 5.69 Å². The molecule has 1 aliphatic heterocycles. The number of methoxy groups -OCH3 is 2. The summed E-state index contributed by atoms with van der Waals surface area (Å²) in [5.74, 6) is 1.66. The largest absolute Gasteiger partial charge is 0.497 e. The number of hydrogen-bond donors (Lipinski definition) is 1. The first-order valence-electron chi connectivity index (χ1n) is 8.23. The van der Waals surface area contributed by atoms with Gasteiger partial charge in [0, 0.05) is 54.4 Å². The Bertz CT molecular complexity index is 679. The van der Waals surface area contributed by atoms with Crippen LogP contribution in [0.15, 0.2) is 18.2 Å². The van der Waals surface area contributed by atoms with Crippen molar-refractivity contribution in [1.82, 2.24) is 10.3 Å². The van der Waals surface area contributed by atoms with Crippen LogP contribution in [0, 0.1) is 13.8 Å². The second-order valence-corrected chi connectivity index (χ2v) is 7.41. The van der Waals surface area contributed by atoms with Crippen molar-refractivity contribution in [3.05, 3.63) is 33.8 Å². The summed E-state index contributed by atoms with van der Waals surface area (Å²) >= 11 is 1.78. The first kappa shape index (κ1) is 17.0. The first-order valence-corrected chi connectivity index (χ1v) is 9.05. The summed E-state index contributed by atoms with van der Waals surface area (Å²) in [6, 6.07) is 6.54. The fraction of sp³-hybridized carbons (Fsp3) is 0.500. The summed E-state index contributed by atoms with van der Waals surface area (Å²) in [6.07, 6.45) is 1.14. The van der Waals surface area contributed by atoms with Crippen LogP contribution >= 0.6 is 11.3 Å². The zero-order chi connectivity index (χ0) is 17.1. The third-order valence-electron chi connectivity index (χ3n) is 4.44. The van der Waals surface area contributed by atoms with E-state index in [0.717, 1.165) is 53.9 Å². The number of aromatic nitrogens is 1. The molecule has 0 spiro atoms. The van der Waals surface area contributed by atoms with Crippen LogP contribution in [0.2, 0.25) is 0 Å². The molecule has 1 aromatic heterocycles. The molecule has 3 rings (SSSR count). The molecule has 1 atom stereocenters. The Kier molecular flexibility index (Phi) is 5.26. The predicted octanol–water partition coefficient (Wildman–Crippen LogP) is 3.15. The molecule has 0 aliphatic carbocycles. The maximum absolute atomic E-state index is 5.38. The lowest BCUT2D eigenvalue weighted by molar-refractivity contribution is 0.394. The molecule has 1 unspecified atom stereocenters. The molecule has 1 fully saturated rings. The summed E-state index contributed by atoms with van der Waals surface area (Å²) in [5, 5.41) is 4.81. The number of hydrogen-bond acceptors (Lipinski definition) is 6. The molecular weight excluding hydrogens is 322 g/mol. The molecule has 0 saturated carbocycles. The van der Waals surface area contributed by atoms with E-state index in [9.17, 15) is 0 Å². The van der Waals surface area contributed by atoms with Crippen molar-refractivity contribution in [3.63, 3.8) is 0 Å². The average Bonchev–Trinajstić information content (AvgIpc) is 3.18. The van der Waals surface area contributed by atoms with Gasteiger partial charge in [0.05, 0.1) is 24.9 Å². The van der Waals surface area contributed by atoms with Gasteiger partial charge in [-0.15, -0.1) is 11.3 Å². The molecule has 1 N–H and O–H groups in total. The molecule has 2 aromatic rings. The number of ether oxygens (including phenoxy) is 2. The molecule has 0 bridgehead atoms. The van der Waals surface area contributed by atoms with Gasteiger partial charge in [0.25, 0.3) is 0 Å². The highest BCUT2D eigenvalue weighted by molar-refractivity contribution is 7.11. The Morgan fingerprint density at radius 1 is 1.21 bits per heavy atom. The smallest absolute Gasteiger partial charge is 0.124 e. The number of nitrogens with one attached hydrogen (secondary N) is 1. The SMILES string of the molecule is COc1cc(OC)cc(N2CCC(NCc3sc(C)nc3C)C2)c1. The fourth-order valence-corrected chi connectivity index (χ4v) is 4.00. The van der Waals surface area contributed by atoms with Gasteiger partial charge in [-0.1, -0.05) is 0 Å². The Labute approximate surface area is 147 Å². The quantitative estimate of drug-likeness (QED) is 0.870. The zero-order valence-electron chi connectivity index (χ0n) is 14.8. The minimum atomic E-state index is 0.490. The van der Waals surface area contributed by atoms with E-state index < -0.39 is 0 Å². The third kappa shape index (κ3) is 3.82. The van der Waals surface area contributed by atoms with E-state index in [-0.39, 0.29) is 0 Å². The van der Waals surface area contributed by atoms with Crippen LogP contribution in [0.25, 0.3) is 0 Å². The molecule has 1 aromatic carbocycles. The second-order valence-electron chi connectivity index (χ2n) is 6.12. The lowest BCUT2D eigenvalue weighted by Gasteiger charge is -2.20. The number of nitrogens with zero attached hydrogens (tertiary/aromatic N) is 2. The Hall–Kier alpha value is -1.79. The Balaban J connectivity index is 1.62. The van der Waals surface area contributed by atoms with Gasteiger partial charge in [-0.3, -0.25) is 0 Å². The van der Waals surface area contributed by atoms with Crippen molar-refractivity contribution in [2.45, 2.75) is 32.9 Å². The summed E-state index contributed by atoms with van der Waals surface area (Å²) in [7, 11) is 3.37. The molecular formula is C18H25N3O2S. The van der Waals surface area contributed by atoms with Crippen LogP contribution in [-0.2, 0) is 6.54 Å². The van der Waals surface area contributed by atoms with Gasteiger partial charge in [0.15, 0.2) is 0 Å². The van der Waals surface area contributed by atoms with Crippen molar-refractivity contribution in [3.8, 4) is 11.5 Å². The van der Waals surface area contributed by atoms with Gasteiger partial charge in [0.1, 0.15) is 11.5 Å². The molecule has 1 aliphatic rings. The third-order valence-corrected chi connectivity index (χ3v) is 5.51. The number of anilines is 1. The topological polar surface area (TPSA) is 46.6 Å². The highest BCUT2D eigenvalue weighted by Gasteiger charge is 2.23. The van der Waals surface area contributed by atoms with E-state index in [2.05, 4.69) is 41.2 Å². The standard InChI is InChI=1S/C18H25N3O2S/c1-12-18(24-13(2)20-12)10-19-14-5-6-21(11-14)15-7-16(22-3)9-17(8-15)23-4/h7-9,14,19H,5-6,10-11H2,1-4H3. The van der Waals surface area contributed by atoms with Crippen LogP contribution in [0.3, 0.4) is 0 Å². The molecule has 0 amide bonds. The van der Waals surface area contributed by atoms with Crippen LogP contribution in [0.5, 0.6) is 11.5 Å². The summed E-state index contributed by atoms with van der Waals surface area (Å²) in [5.41, 5.74) is 2.30. The molecule has 2 heterocycles. The van der Waals surface area contributed by atoms with E-state index in [1.54, 1.807) is 25.6 Å². The summed E-state index contributed by atoms with van der Waals surface area (Å²) in [6.45, 7) is 7.08. The van der Waals surface area contributed by atoms with Crippen molar-refractivity contribution < 1.29 is 9.47 Å². The van der Waals surface area contributed by atoms with Gasteiger partial charge in [0.2, 0.25) is 0 Å². The highest BCUT2D eigenvalue weighted by atomic mass is 32.1. The zero-order valence-corrected chi connectivity index (χ0v) is 15.6. The highest BCUT2D eigenvalue weighted by Crippen LogP contribution is 2.30. The van der Waals surface area contributed by atoms with Crippen molar-refractivity contribution in [2.75, 3.05) is 32.2 Å². The average molecular weight is 347 g/mol. The minimum Gasteiger partial charge on any atom is -0.497 e. The normalized spacial score (nSPS) is 17.3. The molecule has 0 radical (unpaired) electrons. The Morgan fingerprint density at radius 2 is 1.92 bits per heavy atom. The molecule has 6 heteroatoms. The molecule has 24 heavy (non-hydrogen) atoms. The maximum atomic E-state index is 5.38. The number of aryl methyl sites for hydroxylation is 2. The fourth-order valence-electron chi connectivity index (χ4n) is 3.11. The Morgan fingerprint density at radius 3 is 2.50 bits per heavy atom. The van der Waals surface area contributed by atoms with Crippen molar-refractivity contribution in [2.24, 2.45) is 0 Å². The van der Waals surface area contributed by atoms with Crippen LogP contribution in [0.1, 0.15) is 22.0 Å². The lowest BCUT2D eigenvalue weighted by Crippen LogP contribution is -2.32. The number of benzene rings is 1. The van der Waals surface area contributed by atoms with E-state index in [4.69, 9.17) is 9.47 Å². The first-order chi connectivity index (χ1) is 11.6. The molecule has 130 valence electrons. The summed E-state index contributed by atoms with van der Waals surface area (Å²) < 4.78 is 10.8. The lowest BCUT2D eigenvalue weighted by atomic mass is 10.2. The van der Waals surface area contributed by atoms with Gasteiger partial charge in [-0.05, 0) is 20.3 Å². The second kappa shape index (κ2) is 7.40. The summed E-state index contributed by atoms with van der Waals surface area (Å²) in [4.78, 5) is 8.22. The number of rotatable bonds is 6.